The topological polar surface area (TPSA) is 99.0 Å². The van der Waals surface area contributed by atoms with Gasteiger partial charge >= 0.3 is 0 Å². The van der Waals surface area contributed by atoms with Crippen LogP contribution in [0.3, 0.4) is 0 Å². The van der Waals surface area contributed by atoms with Crippen molar-refractivity contribution < 1.29 is 9.59 Å². The lowest BCUT2D eigenvalue weighted by atomic mass is 9.98. The van der Waals surface area contributed by atoms with Crippen LogP contribution in [0.15, 0.2) is 42.6 Å². The van der Waals surface area contributed by atoms with E-state index >= 15 is 0 Å². The van der Waals surface area contributed by atoms with Crippen LogP contribution in [0.2, 0.25) is 0 Å². The summed E-state index contributed by atoms with van der Waals surface area (Å²) >= 11 is 0. The molecule has 0 saturated carbocycles. The second-order valence-corrected chi connectivity index (χ2v) is 8.13. The molecule has 0 bridgehead atoms. The average Bonchev–Trinajstić information content (AvgIpc) is 3.47. The number of aromatic nitrogens is 4. The predicted molar refractivity (Wildman–Crippen MR) is 118 cm³/mol. The molecule has 1 saturated heterocycles. The maximum absolute atomic E-state index is 13.0. The van der Waals surface area contributed by atoms with Crippen LogP contribution >= 0.6 is 0 Å². The summed E-state index contributed by atoms with van der Waals surface area (Å²) in [5.41, 5.74) is 9.55. The predicted octanol–water partition coefficient (Wildman–Crippen LogP) is 2.78. The molecule has 1 aliphatic rings. The van der Waals surface area contributed by atoms with Gasteiger partial charge < -0.3 is 10.6 Å². The molecule has 1 atom stereocenters. The SMILES string of the molecule is Cc1cc(C)n(CCCC(=O)N2CC[C@H](C(=O)c3cnn(-c4ccccc4)c3N)C2)n1. The monoisotopic (exact) mass is 420 g/mol. The number of hydrogen-bond acceptors (Lipinski definition) is 5. The van der Waals surface area contributed by atoms with Crippen molar-refractivity contribution in [1.82, 2.24) is 24.5 Å². The minimum Gasteiger partial charge on any atom is -0.383 e. The molecule has 4 rings (SSSR count). The number of carbonyl (C=O) groups is 2. The zero-order chi connectivity index (χ0) is 22.0. The van der Waals surface area contributed by atoms with Gasteiger partial charge in [0, 0.05) is 37.7 Å². The first-order valence-electron chi connectivity index (χ1n) is 10.7. The summed E-state index contributed by atoms with van der Waals surface area (Å²) in [5, 5.41) is 8.73. The number of nitrogen functional groups attached to an aromatic ring is 1. The summed E-state index contributed by atoms with van der Waals surface area (Å²) in [6.45, 7) is 5.74. The lowest BCUT2D eigenvalue weighted by molar-refractivity contribution is -0.130. The van der Waals surface area contributed by atoms with E-state index in [2.05, 4.69) is 10.2 Å². The van der Waals surface area contributed by atoms with Crippen LogP contribution in [0, 0.1) is 19.8 Å². The van der Waals surface area contributed by atoms with E-state index in [1.54, 1.807) is 9.58 Å². The summed E-state index contributed by atoms with van der Waals surface area (Å²) in [6, 6.07) is 11.5. The number of carbonyl (C=O) groups excluding carboxylic acids is 2. The maximum Gasteiger partial charge on any atom is 0.222 e. The lowest BCUT2D eigenvalue weighted by Crippen LogP contribution is -2.30. The largest absolute Gasteiger partial charge is 0.383 e. The van der Waals surface area contributed by atoms with Gasteiger partial charge in [-0.25, -0.2) is 4.68 Å². The number of anilines is 1. The molecule has 0 unspecified atom stereocenters. The van der Waals surface area contributed by atoms with E-state index in [4.69, 9.17) is 5.73 Å². The fraction of sp³-hybridized carbons (Fsp3) is 0.391. The van der Waals surface area contributed by atoms with Crippen LogP contribution in [-0.4, -0.2) is 49.2 Å². The molecule has 31 heavy (non-hydrogen) atoms. The third-order valence-electron chi connectivity index (χ3n) is 5.85. The van der Waals surface area contributed by atoms with E-state index in [-0.39, 0.29) is 17.6 Å². The normalized spacial score (nSPS) is 16.1. The molecule has 2 aromatic heterocycles. The minimum atomic E-state index is -0.240. The molecule has 162 valence electrons. The first-order chi connectivity index (χ1) is 14.9. The molecule has 1 amide bonds. The smallest absolute Gasteiger partial charge is 0.222 e. The van der Waals surface area contributed by atoms with Crippen LogP contribution in [-0.2, 0) is 11.3 Å². The molecule has 1 aliphatic heterocycles. The van der Waals surface area contributed by atoms with Crippen molar-refractivity contribution in [1.29, 1.82) is 0 Å². The van der Waals surface area contributed by atoms with Crippen molar-refractivity contribution in [2.75, 3.05) is 18.8 Å². The number of nitrogens with zero attached hydrogens (tertiary/aromatic N) is 5. The number of amides is 1. The Hall–Kier alpha value is -3.42. The van der Waals surface area contributed by atoms with Crippen molar-refractivity contribution in [2.45, 2.75) is 39.7 Å². The first-order valence-corrected chi connectivity index (χ1v) is 10.7. The van der Waals surface area contributed by atoms with Crippen LogP contribution in [0.1, 0.15) is 41.0 Å². The number of para-hydroxylation sites is 1. The van der Waals surface area contributed by atoms with Gasteiger partial charge in [-0.15, -0.1) is 0 Å². The number of rotatable bonds is 7. The second kappa shape index (κ2) is 8.75. The van der Waals surface area contributed by atoms with Crippen molar-refractivity contribution in [3.8, 4) is 5.69 Å². The fourth-order valence-electron chi connectivity index (χ4n) is 4.18. The highest BCUT2D eigenvalue weighted by Gasteiger charge is 2.33. The summed E-state index contributed by atoms with van der Waals surface area (Å²) in [5.74, 6) is 0.143. The van der Waals surface area contributed by atoms with Gasteiger partial charge in [-0.2, -0.15) is 10.2 Å². The zero-order valence-corrected chi connectivity index (χ0v) is 18.0. The summed E-state index contributed by atoms with van der Waals surface area (Å²) in [6.07, 6.45) is 3.36. The Morgan fingerprint density at radius 3 is 2.68 bits per heavy atom. The Morgan fingerprint density at radius 2 is 1.97 bits per heavy atom. The van der Waals surface area contributed by atoms with Crippen molar-refractivity contribution in [2.24, 2.45) is 5.92 Å². The van der Waals surface area contributed by atoms with Crippen molar-refractivity contribution >= 4 is 17.5 Å². The van der Waals surface area contributed by atoms with Gasteiger partial charge in [0.05, 0.1) is 23.1 Å². The highest BCUT2D eigenvalue weighted by molar-refractivity contribution is 6.02. The van der Waals surface area contributed by atoms with E-state index in [1.807, 2.05) is 54.9 Å². The van der Waals surface area contributed by atoms with Crippen molar-refractivity contribution in [3.63, 3.8) is 0 Å². The molecule has 0 spiro atoms. The Morgan fingerprint density at radius 1 is 1.19 bits per heavy atom. The average molecular weight is 421 g/mol. The molecule has 8 nitrogen and oxygen atoms in total. The fourth-order valence-corrected chi connectivity index (χ4v) is 4.18. The third kappa shape index (κ3) is 4.38. The number of benzene rings is 1. The van der Waals surface area contributed by atoms with Gasteiger partial charge in [0.1, 0.15) is 5.82 Å². The molecule has 0 aliphatic carbocycles. The van der Waals surface area contributed by atoms with Gasteiger partial charge in [-0.3, -0.25) is 14.3 Å². The highest BCUT2D eigenvalue weighted by atomic mass is 16.2. The molecule has 0 radical (unpaired) electrons. The van der Waals surface area contributed by atoms with Gasteiger partial charge in [-0.1, -0.05) is 18.2 Å². The molecule has 8 heteroatoms. The molecule has 1 fully saturated rings. The quantitative estimate of drug-likeness (QED) is 0.593. The van der Waals surface area contributed by atoms with Gasteiger partial charge in [0.25, 0.3) is 0 Å². The molecular formula is C23H28N6O2. The standard InChI is InChI=1S/C23H28N6O2/c1-16-13-17(2)28(26-16)11-6-9-21(30)27-12-10-18(15-27)22(31)20-14-25-29(23(20)24)19-7-4-3-5-8-19/h3-5,7-8,13-14,18H,6,9-12,15,24H2,1-2H3/t18-/m0/s1. The van der Waals surface area contributed by atoms with Crippen LogP contribution in [0.4, 0.5) is 5.82 Å². The number of ketones is 1. The van der Waals surface area contributed by atoms with Gasteiger partial charge in [0.2, 0.25) is 5.91 Å². The molecule has 3 heterocycles. The Balaban J connectivity index is 1.33. The number of likely N-dealkylation sites (tertiary alicyclic amines) is 1. The number of aryl methyl sites for hydroxylation is 3. The van der Waals surface area contributed by atoms with Crippen molar-refractivity contribution in [3.05, 3.63) is 59.5 Å². The Bertz CT molecular complexity index is 1080. The molecule has 3 aromatic rings. The zero-order valence-electron chi connectivity index (χ0n) is 18.0. The number of nitrogens with two attached hydrogens (primary N) is 1. The van der Waals surface area contributed by atoms with Crippen LogP contribution in [0.5, 0.6) is 0 Å². The molecule has 2 N–H and O–H groups in total. The second-order valence-electron chi connectivity index (χ2n) is 8.13. The van der Waals surface area contributed by atoms with E-state index in [1.165, 1.54) is 6.20 Å². The van der Waals surface area contributed by atoms with Crippen LogP contribution in [0.25, 0.3) is 5.69 Å². The first kappa shape index (κ1) is 20.8. The van der Waals surface area contributed by atoms with Gasteiger partial charge in [-0.05, 0) is 44.9 Å². The highest BCUT2D eigenvalue weighted by Crippen LogP contribution is 2.26. The summed E-state index contributed by atoms with van der Waals surface area (Å²) in [7, 11) is 0. The van der Waals surface area contributed by atoms with E-state index in [0.29, 0.717) is 37.3 Å². The van der Waals surface area contributed by atoms with Gasteiger partial charge in [0.15, 0.2) is 5.78 Å². The molecule has 1 aromatic carbocycles. The number of Topliss-reactive ketones (excluding diaryl/α,β-unsaturated/α-hetero) is 1. The minimum absolute atomic E-state index is 0.0439. The molecular weight excluding hydrogens is 392 g/mol. The Labute approximate surface area is 181 Å². The maximum atomic E-state index is 13.0. The van der Waals surface area contributed by atoms with Crippen LogP contribution < -0.4 is 5.73 Å². The summed E-state index contributed by atoms with van der Waals surface area (Å²) in [4.78, 5) is 27.5. The van der Waals surface area contributed by atoms with E-state index in [9.17, 15) is 9.59 Å². The van der Waals surface area contributed by atoms with E-state index in [0.717, 1.165) is 30.0 Å². The Kier molecular flexibility index (Phi) is 5.88. The van der Waals surface area contributed by atoms with E-state index < -0.39 is 0 Å². The lowest BCUT2D eigenvalue weighted by Gasteiger charge is -2.16. The summed E-state index contributed by atoms with van der Waals surface area (Å²) < 4.78 is 3.51. The number of hydrogen-bond donors (Lipinski definition) is 1. The third-order valence-corrected chi connectivity index (χ3v) is 5.85.